The number of carbonyl (C=O) groups excluding carboxylic acids is 1. The number of nitrogens with zero attached hydrogens (tertiary/aromatic N) is 2. The minimum Gasteiger partial charge on any atom is -0.350 e. The van der Waals surface area contributed by atoms with Crippen molar-refractivity contribution in [2.75, 3.05) is 0 Å². The summed E-state index contributed by atoms with van der Waals surface area (Å²) in [7, 11) is 1.79. The number of hydrogen-bond acceptors (Lipinski definition) is 2. The van der Waals surface area contributed by atoms with Gasteiger partial charge in [-0.1, -0.05) is 25.4 Å². The summed E-state index contributed by atoms with van der Waals surface area (Å²) in [5.74, 6) is -0.0629. The van der Waals surface area contributed by atoms with Crippen LogP contribution in [0.4, 0.5) is 0 Å². The van der Waals surface area contributed by atoms with Crippen molar-refractivity contribution >= 4 is 23.6 Å². The Bertz CT molecular complexity index is 546. The average molecular weight is 296 g/mol. The first-order valence-electron chi connectivity index (χ1n) is 6.96. The number of aromatic nitrogens is 2. The van der Waals surface area contributed by atoms with Gasteiger partial charge in [0.2, 0.25) is 5.91 Å². The summed E-state index contributed by atoms with van der Waals surface area (Å²) in [6.07, 6.45) is 6.54. The predicted molar refractivity (Wildman–Crippen MR) is 81.6 cm³/mol. The van der Waals surface area contributed by atoms with E-state index in [2.05, 4.69) is 24.3 Å². The van der Waals surface area contributed by atoms with E-state index in [4.69, 9.17) is 11.6 Å². The van der Waals surface area contributed by atoms with Crippen LogP contribution in [0.1, 0.15) is 44.4 Å². The second kappa shape index (κ2) is 5.60. The summed E-state index contributed by atoms with van der Waals surface area (Å²) >= 11 is 6.12. The van der Waals surface area contributed by atoms with Crippen molar-refractivity contribution in [2.45, 2.75) is 46.1 Å². The highest BCUT2D eigenvalue weighted by Crippen LogP contribution is 2.36. The summed E-state index contributed by atoms with van der Waals surface area (Å²) in [5, 5.41) is 7.82. The molecular formula is C15H22ClN3O. The van der Waals surface area contributed by atoms with Crippen LogP contribution in [0.5, 0.6) is 0 Å². The third-order valence-corrected chi connectivity index (χ3v) is 4.36. The van der Waals surface area contributed by atoms with E-state index in [1.165, 1.54) is 0 Å². The first-order valence-corrected chi connectivity index (χ1v) is 7.34. The standard InChI is InChI=1S/C15H22ClN3O/c1-10-12(14(16)19(4)18-10)5-6-13(20)17-11-7-8-15(2,3)9-11/h5-6,11H,7-9H2,1-4H3,(H,17,20)/b6-5+. The molecule has 5 heteroatoms. The first-order chi connectivity index (χ1) is 9.28. The van der Waals surface area contributed by atoms with Crippen molar-refractivity contribution in [1.29, 1.82) is 0 Å². The molecule has 4 nitrogen and oxygen atoms in total. The van der Waals surface area contributed by atoms with E-state index in [1.807, 2.05) is 6.92 Å². The van der Waals surface area contributed by atoms with Crippen molar-refractivity contribution in [1.82, 2.24) is 15.1 Å². The van der Waals surface area contributed by atoms with Gasteiger partial charge < -0.3 is 5.32 Å². The normalized spacial score (nSPS) is 21.6. The van der Waals surface area contributed by atoms with Gasteiger partial charge in [-0.05, 0) is 37.7 Å². The van der Waals surface area contributed by atoms with Crippen molar-refractivity contribution in [3.8, 4) is 0 Å². The van der Waals surface area contributed by atoms with E-state index >= 15 is 0 Å². The van der Waals surface area contributed by atoms with Gasteiger partial charge in [0.1, 0.15) is 5.15 Å². The number of hydrogen-bond donors (Lipinski definition) is 1. The number of nitrogens with one attached hydrogen (secondary N) is 1. The highest BCUT2D eigenvalue weighted by Gasteiger charge is 2.31. The van der Waals surface area contributed by atoms with Crippen molar-refractivity contribution in [3.05, 3.63) is 22.5 Å². The van der Waals surface area contributed by atoms with Gasteiger partial charge in [-0.25, -0.2) is 0 Å². The van der Waals surface area contributed by atoms with Crippen LogP contribution in [0.15, 0.2) is 6.08 Å². The molecule has 0 aromatic carbocycles. The molecule has 0 bridgehead atoms. The van der Waals surface area contributed by atoms with Gasteiger partial charge in [-0.3, -0.25) is 9.48 Å². The zero-order valence-corrected chi connectivity index (χ0v) is 13.3. The first kappa shape index (κ1) is 15.1. The van der Waals surface area contributed by atoms with Crippen LogP contribution in [-0.4, -0.2) is 21.7 Å². The van der Waals surface area contributed by atoms with E-state index < -0.39 is 0 Å². The second-order valence-corrected chi connectivity index (χ2v) is 6.72. The Morgan fingerprint density at radius 3 is 2.75 bits per heavy atom. The Morgan fingerprint density at radius 1 is 1.55 bits per heavy atom. The van der Waals surface area contributed by atoms with Crippen LogP contribution in [0.25, 0.3) is 6.08 Å². The lowest BCUT2D eigenvalue weighted by Crippen LogP contribution is -2.32. The lowest BCUT2D eigenvalue weighted by atomic mass is 9.92. The zero-order valence-electron chi connectivity index (χ0n) is 12.5. The van der Waals surface area contributed by atoms with Crippen LogP contribution in [-0.2, 0) is 11.8 Å². The molecule has 20 heavy (non-hydrogen) atoms. The number of rotatable bonds is 3. The van der Waals surface area contributed by atoms with Crippen molar-refractivity contribution in [2.24, 2.45) is 12.5 Å². The summed E-state index contributed by atoms with van der Waals surface area (Å²) in [5.41, 5.74) is 1.96. The van der Waals surface area contributed by atoms with E-state index in [0.29, 0.717) is 10.6 Å². The van der Waals surface area contributed by atoms with Crippen LogP contribution in [0, 0.1) is 12.3 Å². The summed E-state index contributed by atoms with van der Waals surface area (Å²) < 4.78 is 1.61. The molecule has 110 valence electrons. The minimum atomic E-state index is -0.0629. The molecule has 0 spiro atoms. The lowest BCUT2D eigenvalue weighted by molar-refractivity contribution is -0.117. The highest BCUT2D eigenvalue weighted by atomic mass is 35.5. The number of amides is 1. The average Bonchev–Trinajstić information content (AvgIpc) is 2.78. The van der Waals surface area contributed by atoms with Crippen molar-refractivity contribution < 1.29 is 4.79 Å². The quantitative estimate of drug-likeness (QED) is 0.871. The maximum Gasteiger partial charge on any atom is 0.244 e. The largest absolute Gasteiger partial charge is 0.350 e. The van der Waals surface area contributed by atoms with Crippen LogP contribution in [0.3, 0.4) is 0 Å². The molecule has 0 saturated heterocycles. The third-order valence-electron chi connectivity index (χ3n) is 3.91. The fourth-order valence-corrected chi connectivity index (χ4v) is 3.04. The molecule has 1 heterocycles. The molecule has 1 saturated carbocycles. The Morgan fingerprint density at radius 2 is 2.25 bits per heavy atom. The van der Waals surface area contributed by atoms with E-state index in [1.54, 1.807) is 23.9 Å². The molecule has 2 rings (SSSR count). The Hall–Kier alpha value is -1.29. The fourth-order valence-electron chi connectivity index (χ4n) is 2.80. The van der Waals surface area contributed by atoms with Crippen LogP contribution in [0.2, 0.25) is 5.15 Å². The van der Waals surface area contributed by atoms with Gasteiger partial charge >= 0.3 is 0 Å². The molecule has 1 unspecified atom stereocenters. The Labute approximate surface area is 125 Å². The lowest BCUT2D eigenvalue weighted by Gasteiger charge is -2.17. The number of halogens is 1. The predicted octanol–water partition coefficient (Wildman–Crippen LogP) is 3.09. The van der Waals surface area contributed by atoms with Gasteiger partial charge in [0.25, 0.3) is 0 Å². The van der Waals surface area contributed by atoms with E-state index in [-0.39, 0.29) is 11.9 Å². The summed E-state index contributed by atoms with van der Waals surface area (Å²) in [4.78, 5) is 11.9. The van der Waals surface area contributed by atoms with Crippen LogP contribution >= 0.6 is 11.6 Å². The number of carbonyl (C=O) groups is 1. The van der Waals surface area contributed by atoms with Gasteiger partial charge in [-0.15, -0.1) is 0 Å². The molecule has 1 N–H and O–H groups in total. The van der Waals surface area contributed by atoms with Crippen molar-refractivity contribution in [3.63, 3.8) is 0 Å². The maximum absolute atomic E-state index is 11.9. The zero-order chi connectivity index (χ0) is 14.9. The molecular weight excluding hydrogens is 274 g/mol. The van der Waals surface area contributed by atoms with E-state index in [0.717, 1.165) is 30.5 Å². The topological polar surface area (TPSA) is 46.9 Å². The molecule has 1 aromatic heterocycles. The highest BCUT2D eigenvalue weighted by molar-refractivity contribution is 6.31. The number of aryl methyl sites for hydroxylation is 2. The second-order valence-electron chi connectivity index (χ2n) is 6.36. The van der Waals surface area contributed by atoms with Crippen LogP contribution < -0.4 is 5.32 Å². The minimum absolute atomic E-state index is 0.0629. The molecule has 1 aliphatic rings. The molecule has 0 radical (unpaired) electrons. The Balaban J connectivity index is 1.96. The SMILES string of the molecule is Cc1nn(C)c(Cl)c1/C=C/C(=O)NC1CCC(C)(C)C1. The molecule has 1 atom stereocenters. The van der Waals surface area contributed by atoms with Gasteiger partial charge in [-0.2, -0.15) is 5.10 Å². The third kappa shape index (κ3) is 3.42. The molecule has 1 amide bonds. The van der Waals surface area contributed by atoms with Gasteiger partial charge in [0, 0.05) is 24.7 Å². The molecule has 0 aliphatic heterocycles. The fraction of sp³-hybridized carbons (Fsp3) is 0.600. The van der Waals surface area contributed by atoms with E-state index in [9.17, 15) is 4.79 Å². The Kier molecular flexibility index (Phi) is 4.23. The van der Waals surface area contributed by atoms with Gasteiger partial charge in [0.05, 0.1) is 5.69 Å². The summed E-state index contributed by atoms with van der Waals surface area (Å²) in [6, 6.07) is 0.285. The summed E-state index contributed by atoms with van der Waals surface area (Å²) in [6.45, 7) is 6.37. The maximum atomic E-state index is 11.9. The van der Waals surface area contributed by atoms with Gasteiger partial charge in [0.15, 0.2) is 0 Å². The molecule has 1 fully saturated rings. The molecule has 1 aromatic rings. The monoisotopic (exact) mass is 295 g/mol. The smallest absolute Gasteiger partial charge is 0.244 e. The molecule has 1 aliphatic carbocycles.